The summed E-state index contributed by atoms with van der Waals surface area (Å²) in [7, 11) is 3.74. The fourth-order valence-corrected chi connectivity index (χ4v) is 1.45. The molecule has 0 unspecified atom stereocenters. The standard InChI is InChI=1S/C10H13N5/c1-7-8(6-14-15(7)3)9-10(11-2)13-5-4-12-9/h4-6H,1-3H3,(H,11,13). The van der Waals surface area contributed by atoms with Crippen LogP contribution in [-0.4, -0.2) is 26.8 Å². The molecule has 0 saturated carbocycles. The molecule has 0 aliphatic carbocycles. The third-order valence-electron chi connectivity index (χ3n) is 2.43. The number of anilines is 1. The first-order valence-electron chi connectivity index (χ1n) is 4.71. The first-order chi connectivity index (χ1) is 7.24. The van der Waals surface area contributed by atoms with Crippen molar-refractivity contribution in [3.05, 3.63) is 24.3 Å². The van der Waals surface area contributed by atoms with Gasteiger partial charge in [0.25, 0.3) is 0 Å². The lowest BCUT2D eigenvalue weighted by Crippen LogP contribution is -1.98. The highest BCUT2D eigenvalue weighted by molar-refractivity contribution is 5.72. The molecule has 15 heavy (non-hydrogen) atoms. The average molecular weight is 203 g/mol. The molecule has 5 nitrogen and oxygen atoms in total. The lowest BCUT2D eigenvalue weighted by atomic mass is 10.2. The summed E-state index contributed by atoms with van der Waals surface area (Å²) in [6.45, 7) is 2.01. The number of nitrogens with one attached hydrogen (secondary N) is 1. The predicted octanol–water partition coefficient (Wildman–Crippen LogP) is 1.23. The largest absolute Gasteiger partial charge is 0.371 e. The summed E-state index contributed by atoms with van der Waals surface area (Å²) in [5.74, 6) is 0.772. The molecule has 0 fully saturated rings. The molecule has 0 aliphatic heterocycles. The van der Waals surface area contributed by atoms with Crippen molar-refractivity contribution in [3.8, 4) is 11.3 Å². The van der Waals surface area contributed by atoms with Crippen molar-refractivity contribution in [1.29, 1.82) is 0 Å². The van der Waals surface area contributed by atoms with Crippen LogP contribution in [0, 0.1) is 6.92 Å². The van der Waals surface area contributed by atoms with E-state index < -0.39 is 0 Å². The van der Waals surface area contributed by atoms with Crippen molar-refractivity contribution in [1.82, 2.24) is 19.7 Å². The van der Waals surface area contributed by atoms with Crippen LogP contribution in [0.1, 0.15) is 5.69 Å². The van der Waals surface area contributed by atoms with Crippen LogP contribution in [0.5, 0.6) is 0 Å². The van der Waals surface area contributed by atoms with Gasteiger partial charge in [-0.25, -0.2) is 4.98 Å². The Kier molecular flexibility index (Phi) is 2.37. The summed E-state index contributed by atoms with van der Waals surface area (Å²) in [6.07, 6.45) is 5.16. The van der Waals surface area contributed by atoms with Gasteiger partial charge < -0.3 is 5.32 Å². The molecule has 2 heterocycles. The molecule has 0 radical (unpaired) electrons. The van der Waals surface area contributed by atoms with Gasteiger partial charge in [-0.3, -0.25) is 9.67 Å². The van der Waals surface area contributed by atoms with Crippen LogP contribution < -0.4 is 5.32 Å². The number of hydrogen-bond donors (Lipinski definition) is 1. The highest BCUT2D eigenvalue weighted by Gasteiger charge is 2.11. The topological polar surface area (TPSA) is 55.6 Å². The fraction of sp³-hybridized carbons (Fsp3) is 0.300. The van der Waals surface area contributed by atoms with Crippen LogP contribution in [0.4, 0.5) is 5.82 Å². The first-order valence-corrected chi connectivity index (χ1v) is 4.71. The molecule has 78 valence electrons. The Morgan fingerprint density at radius 3 is 2.60 bits per heavy atom. The maximum Gasteiger partial charge on any atom is 0.152 e. The van der Waals surface area contributed by atoms with Crippen LogP contribution in [0.2, 0.25) is 0 Å². The number of aromatic nitrogens is 4. The van der Waals surface area contributed by atoms with Crippen LogP contribution in [0.3, 0.4) is 0 Å². The highest BCUT2D eigenvalue weighted by Crippen LogP contribution is 2.25. The number of hydrogen-bond acceptors (Lipinski definition) is 4. The summed E-state index contributed by atoms with van der Waals surface area (Å²) in [5.41, 5.74) is 2.92. The fourth-order valence-electron chi connectivity index (χ4n) is 1.45. The third kappa shape index (κ3) is 1.56. The molecule has 0 amide bonds. The quantitative estimate of drug-likeness (QED) is 0.797. The summed E-state index contributed by atoms with van der Waals surface area (Å²) in [6, 6.07) is 0. The molecule has 0 aliphatic rings. The van der Waals surface area contributed by atoms with E-state index in [-0.39, 0.29) is 0 Å². The van der Waals surface area contributed by atoms with Crippen LogP contribution in [0.15, 0.2) is 18.6 Å². The molecule has 0 aromatic carbocycles. The van der Waals surface area contributed by atoms with E-state index >= 15 is 0 Å². The molecule has 0 bridgehead atoms. The number of nitrogens with zero attached hydrogens (tertiary/aromatic N) is 4. The Balaban J connectivity index is 2.58. The van der Waals surface area contributed by atoms with Crippen molar-refractivity contribution in [3.63, 3.8) is 0 Å². The van der Waals surface area contributed by atoms with Gasteiger partial charge in [-0.15, -0.1) is 0 Å². The smallest absolute Gasteiger partial charge is 0.152 e. The van der Waals surface area contributed by atoms with Gasteiger partial charge in [0, 0.05) is 37.7 Å². The molecule has 0 spiro atoms. The second kappa shape index (κ2) is 3.68. The van der Waals surface area contributed by atoms with Crippen molar-refractivity contribution in [2.75, 3.05) is 12.4 Å². The first kappa shape index (κ1) is 9.64. The van der Waals surface area contributed by atoms with Crippen molar-refractivity contribution in [2.24, 2.45) is 7.05 Å². The van der Waals surface area contributed by atoms with E-state index in [2.05, 4.69) is 20.4 Å². The lowest BCUT2D eigenvalue weighted by molar-refractivity contribution is 0.740. The number of rotatable bonds is 2. The van der Waals surface area contributed by atoms with Crippen molar-refractivity contribution < 1.29 is 0 Å². The van der Waals surface area contributed by atoms with E-state index in [4.69, 9.17) is 0 Å². The van der Waals surface area contributed by atoms with Gasteiger partial charge in [-0.2, -0.15) is 5.10 Å². The molecule has 2 aromatic rings. The van der Waals surface area contributed by atoms with Gasteiger partial charge in [0.05, 0.1) is 6.20 Å². The van der Waals surface area contributed by atoms with E-state index in [1.165, 1.54) is 0 Å². The minimum Gasteiger partial charge on any atom is -0.371 e. The summed E-state index contributed by atoms with van der Waals surface area (Å²) >= 11 is 0. The van der Waals surface area contributed by atoms with E-state index in [0.29, 0.717) is 0 Å². The van der Waals surface area contributed by atoms with Gasteiger partial charge in [-0.1, -0.05) is 0 Å². The highest BCUT2D eigenvalue weighted by atomic mass is 15.3. The summed E-state index contributed by atoms with van der Waals surface area (Å²) in [5, 5.41) is 7.21. The zero-order valence-electron chi connectivity index (χ0n) is 9.02. The van der Waals surface area contributed by atoms with E-state index in [9.17, 15) is 0 Å². The van der Waals surface area contributed by atoms with Crippen molar-refractivity contribution in [2.45, 2.75) is 6.92 Å². The molecule has 0 saturated heterocycles. The van der Waals surface area contributed by atoms with Gasteiger partial charge in [0.15, 0.2) is 5.82 Å². The Labute approximate surface area is 88.2 Å². The summed E-state index contributed by atoms with van der Waals surface area (Å²) in [4.78, 5) is 8.53. The molecular weight excluding hydrogens is 190 g/mol. The Bertz CT molecular complexity index is 474. The Hall–Kier alpha value is -1.91. The summed E-state index contributed by atoms with van der Waals surface area (Å²) < 4.78 is 1.82. The monoisotopic (exact) mass is 203 g/mol. The minimum atomic E-state index is 0.772. The SMILES string of the molecule is CNc1nccnc1-c1cnn(C)c1C. The van der Waals surface area contributed by atoms with Gasteiger partial charge >= 0.3 is 0 Å². The van der Waals surface area contributed by atoms with Gasteiger partial charge in [0.1, 0.15) is 5.69 Å². The zero-order valence-corrected chi connectivity index (χ0v) is 9.02. The van der Waals surface area contributed by atoms with Gasteiger partial charge in [-0.05, 0) is 6.92 Å². The zero-order chi connectivity index (χ0) is 10.8. The van der Waals surface area contributed by atoms with Crippen molar-refractivity contribution >= 4 is 5.82 Å². The van der Waals surface area contributed by atoms with Gasteiger partial charge in [0.2, 0.25) is 0 Å². The predicted molar refractivity (Wildman–Crippen MR) is 58.5 cm³/mol. The van der Waals surface area contributed by atoms with Crippen LogP contribution >= 0.6 is 0 Å². The van der Waals surface area contributed by atoms with Crippen LogP contribution in [0.25, 0.3) is 11.3 Å². The molecule has 2 rings (SSSR count). The second-order valence-corrected chi connectivity index (χ2v) is 3.27. The third-order valence-corrected chi connectivity index (χ3v) is 2.43. The maximum atomic E-state index is 4.32. The molecule has 1 N–H and O–H groups in total. The average Bonchev–Trinajstić information content (AvgIpc) is 2.60. The Morgan fingerprint density at radius 1 is 1.27 bits per heavy atom. The molecular formula is C10H13N5. The maximum absolute atomic E-state index is 4.32. The lowest BCUT2D eigenvalue weighted by Gasteiger charge is -2.05. The van der Waals surface area contributed by atoms with E-state index in [1.54, 1.807) is 18.6 Å². The number of aryl methyl sites for hydroxylation is 1. The molecule has 5 heteroatoms. The normalized spacial score (nSPS) is 10.3. The Morgan fingerprint density at radius 2 is 2.00 bits per heavy atom. The minimum absolute atomic E-state index is 0.772. The molecule has 0 atom stereocenters. The molecule has 2 aromatic heterocycles. The van der Waals surface area contributed by atoms with E-state index in [1.807, 2.05) is 25.7 Å². The van der Waals surface area contributed by atoms with E-state index in [0.717, 1.165) is 22.8 Å². The second-order valence-electron chi connectivity index (χ2n) is 3.27. The van der Waals surface area contributed by atoms with Crippen LogP contribution in [-0.2, 0) is 7.05 Å².